The first-order chi connectivity index (χ1) is 17.4. The summed E-state index contributed by atoms with van der Waals surface area (Å²) in [6.45, 7) is 13.1. The van der Waals surface area contributed by atoms with Crippen LogP contribution in [0.5, 0.6) is 0 Å². The molecule has 0 aliphatic heterocycles. The number of thioether (sulfide) groups is 1. The predicted octanol–water partition coefficient (Wildman–Crippen LogP) is 5.89. The first kappa shape index (κ1) is 30.4. The molecule has 0 aliphatic carbocycles. The van der Waals surface area contributed by atoms with Crippen molar-refractivity contribution in [2.75, 3.05) is 18.6 Å². The lowest BCUT2D eigenvalue weighted by molar-refractivity contribution is -0.139. The number of carbonyl (C=O) groups excluding carboxylic acids is 2. The summed E-state index contributed by atoms with van der Waals surface area (Å²) >= 11 is 1.54. The molecule has 6 nitrogen and oxygen atoms in total. The summed E-state index contributed by atoms with van der Waals surface area (Å²) in [4.78, 5) is 38.1. The van der Waals surface area contributed by atoms with E-state index in [0.29, 0.717) is 35.8 Å². The van der Waals surface area contributed by atoms with Gasteiger partial charge >= 0.3 is 5.97 Å². The number of carboxylic acids is 1. The number of carbonyl (C=O) groups is 3. The van der Waals surface area contributed by atoms with Crippen molar-refractivity contribution in [1.29, 1.82) is 0 Å². The van der Waals surface area contributed by atoms with E-state index in [1.54, 1.807) is 12.1 Å². The van der Waals surface area contributed by atoms with E-state index in [-0.39, 0.29) is 11.3 Å². The second-order valence-electron chi connectivity index (χ2n) is 11.0. The van der Waals surface area contributed by atoms with Crippen LogP contribution in [0.4, 0.5) is 0 Å². The topological polar surface area (TPSA) is 95.5 Å². The van der Waals surface area contributed by atoms with Crippen LogP contribution in [-0.2, 0) is 9.59 Å². The molecule has 0 bridgehead atoms. The summed E-state index contributed by atoms with van der Waals surface area (Å²) < 4.78 is 0. The SMILES string of the molecule is CSCCC(NC(=O)c1ccc(C(C)C(=O)NCC(C)(C)CC(C)C)cc1-c1ccccc1C)C(=O)O. The second kappa shape index (κ2) is 13.7. The normalized spacial score (nSPS) is 13.2. The fraction of sp³-hybridized carbons (Fsp3) is 0.500. The van der Waals surface area contributed by atoms with Crippen LogP contribution >= 0.6 is 11.8 Å². The second-order valence-corrected chi connectivity index (χ2v) is 12.0. The summed E-state index contributed by atoms with van der Waals surface area (Å²) in [5.41, 5.74) is 3.72. The monoisotopic (exact) mass is 526 g/mol. The van der Waals surface area contributed by atoms with Crippen molar-refractivity contribution in [2.45, 2.75) is 66.3 Å². The third-order valence-corrected chi connectivity index (χ3v) is 7.18. The van der Waals surface area contributed by atoms with Gasteiger partial charge in [-0.25, -0.2) is 4.79 Å². The molecule has 202 valence electrons. The number of rotatable bonds is 13. The highest BCUT2D eigenvalue weighted by Gasteiger charge is 2.25. The molecule has 0 saturated carbocycles. The van der Waals surface area contributed by atoms with Gasteiger partial charge in [-0.2, -0.15) is 11.8 Å². The Hall–Kier alpha value is -2.80. The molecule has 2 unspecified atom stereocenters. The van der Waals surface area contributed by atoms with Crippen LogP contribution in [0.15, 0.2) is 42.5 Å². The number of aliphatic carboxylic acids is 1. The van der Waals surface area contributed by atoms with Gasteiger partial charge in [-0.3, -0.25) is 9.59 Å². The quantitative estimate of drug-likeness (QED) is 0.302. The maximum atomic E-state index is 13.3. The van der Waals surface area contributed by atoms with E-state index in [2.05, 4.69) is 38.3 Å². The molecule has 2 aromatic rings. The molecule has 3 N–H and O–H groups in total. The smallest absolute Gasteiger partial charge is 0.326 e. The number of hydrogen-bond acceptors (Lipinski definition) is 4. The molecule has 2 rings (SSSR count). The molecule has 7 heteroatoms. The molecule has 0 aliphatic rings. The van der Waals surface area contributed by atoms with Crippen molar-refractivity contribution in [2.24, 2.45) is 11.3 Å². The maximum absolute atomic E-state index is 13.3. The van der Waals surface area contributed by atoms with E-state index >= 15 is 0 Å². The van der Waals surface area contributed by atoms with Gasteiger partial charge in [0.15, 0.2) is 0 Å². The minimum atomic E-state index is -1.05. The van der Waals surface area contributed by atoms with Crippen LogP contribution in [0.3, 0.4) is 0 Å². The number of nitrogens with one attached hydrogen (secondary N) is 2. The number of benzene rings is 2. The van der Waals surface area contributed by atoms with Gasteiger partial charge in [-0.15, -0.1) is 0 Å². The average Bonchev–Trinajstić information content (AvgIpc) is 2.83. The number of carboxylic acid groups (broad SMARTS) is 1. The Morgan fingerprint density at radius 3 is 2.30 bits per heavy atom. The Balaban J connectivity index is 2.38. The molecular weight excluding hydrogens is 484 g/mol. The fourth-order valence-corrected chi connectivity index (χ4v) is 5.14. The van der Waals surface area contributed by atoms with Crippen LogP contribution in [0.2, 0.25) is 0 Å². The largest absolute Gasteiger partial charge is 0.480 e. The van der Waals surface area contributed by atoms with Crippen LogP contribution in [0, 0.1) is 18.3 Å². The van der Waals surface area contributed by atoms with Gasteiger partial charge in [0.05, 0.1) is 5.92 Å². The summed E-state index contributed by atoms with van der Waals surface area (Å²) in [5.74, 6) is -0.800. The summed E-state index contributed by atoms with van der Waals surface area (Å²) in [6, 6.07) is 12.1. The van der Waals surface area contributed by atoms with E-state index in [4.69, 9.17) is 0 Å². The van der Waals surface area contributed by atoms with Gasteiger partial charge in [0, 0.05) is 12.1 Å². The lowest BCUT2D eigenvalue weighted by Gasteiger charge is -2.28. The molecule has 0 saturated heterocycles. The highest BCUT2D eigenvalue weighted by atomic mass is 32.2. The van der Waals surface area contributed by atoms with Crippen molar-refractivity contribution in [3.05, 3.63) is 59.2 Å². The Labute approximate surface area is 226 Å². The van der Waals surface area contributed by atoms with E-state index < -0.39 is 23.8 Å². The van der Waals surface area contributed by atoms with Gasteiger partial charge in [-0.1, -0.05) is 58.0 Å². The van der Waals surface area contributed by atoms with Gasteiger partial charge in [0.1, 0.15) is 6.04 Å². The van der Waals surface area contributed by atoms with Crippen molar-refractivity contribution in [3.8, 4) is 11.1 Å². The summed E-state index contributed by atoms with van der Waals surface area (Å²) in [7, 11) is 0. The molecule has 0 fully saturated rings. The summed E-state index contributed by atoms with van der Waals surface area (Å²) in [5, 5.41) is 15.4. The molecule has 2 atom stereocenters. The predicted molar refractivity (Wildman–Crippen MR) is 153 cm³/mol. The first-order valence-corrected chi connectivity index (χ1v) is 14.3. The molecule has 2 aromatic carbocycles. The molecule has 2 amide bonds. The van der Waals surface area contributed by atoms with Crippen molar-refractivity contribution in [3.63, 3.8) is 0 Å². The van der Waals surface area contributed by atoms with Gasteiger partial charge in [-0.05, 0) is 84.4 Å². The van der Waals surface area contributed by atoms with E-state index in [9.17, 15) is 19.5 Å². The Kier molecular flexibility index (Phi) is 11.2. The third kappa shape index (κ3) is 8.92. The van der Waals surface area contributed by atoms with Crippen molar-refractivity contribution in [1.82, 2.24) is 10.6 Å². The Morgan fingerprint density at radius 1 is 1.03 bits per heavy atom. The third-order valence-electron chi connectivity index (χ3n) is 6.53. The zero-order valence-corrected chi connectivity index (χ0v) is 24.0. The fourth-order valence-electron chi connectivity index (χ4n) is 4.66. The molecule has 0 heterocycles. The van der Waals surface area contributed by atoms with Crippen LogP contribution < -0.4 is 10.6 Å². The van der Waals surface area contributed by atoms with Gasteiger partial charge in [0.25, 0.3) is 5.91 Å². The van der Waals surface area contributed by atoms with Crippen molar-refractivity contribution >= 4 is 29.5 Å². The molecule has 0 aromatic heterocycles. The lowest BCUT2D eigenvalue weighted by atomic mass is 9.83. The minimum absolute atomic E-state index is 0.00519. The molecular formula is C30H42N2O4S. The highest BCUT2D eigenvalue weighted by molar-refractivity contribution is 7.98. The van der Waals surface area contributed by atoms with E-state index in [0.717, 1.165) is 23.1 Å². The summed E-state index contributed by atoms with van der Waals surface area (Å²) in [6.07, 6.45) is 3.25. The van der Waals surface area contributed by atoms with Crippen molar-refractivity contribution < 1.29 is 19.5 Å². The van der Waals surface area contributed by atoms with Crippen LogP contribution in [0.1, 0.15) is 74.9 Å². The lowest BCUT2D eigenvalue weighted by Crippen LogP contribution is -2.41. The molecule has 0 radical (unpaired) electrons. The maximum Gasteiger partial charge on any atom is 0.326 e. The Bertz CT molecular complexity index is 1100. The van der Waals surface area contributed by atoms with E-state index in [1.807, 2.05) is 50.4 Å². The molecule has 37 heavy (non-hydrogen) atoms. The number of amides is 2. The van der Waals surface area contributed by atoms with Crippen LogP contribution in [0.25, 0.3) is 11.1 Å². The van der Waals surface area contributed by atoms with Gasteiger partial charge < -0.3 is 15.7 Å². The van der Waals surface area contributed by atoms with E-state index in [1.165, 1.54) is 11.8 Å². The number of hydrogen-bond donors (Lipinski definition) is 3. The standard InChI is InChI=1S/C30H42N2O4S/c1-19(2)17-30(5,6)18-31-27(33)21(4)22-12-13-24(25(16-22)23-11-9-8-10-20(23)3)28(34)32-26(29(35)36)14-15-37-7/h8-13,16,19,21,26H,14-15,17-18H2,1-7H3,(H,31,33)(H,32,34)(H,35,36). The Morgan fingerprint density at radius 2 is 1.70 bits per heavy atom. The minimum Gasteiger partial charge on any atom is -0.480 e. The average molecular weight is 527 g/mol. The molecule has 0 spiro atoms. The van der Waals surface area contributed by atoms with Crippen LogP contribution in [-0.4, -0.2) is 47.5 Å². The first-order valence-electron chi connectivity index (χ1n) is 12.9. The highest BCUT2D eigenvalue weighted by Crippen LogP contribution is 2.31. The zero-order chi connectivity index (χ0) is 27.8. The van der Waals surface area contributed by atoms with Gasteiger partial charge in [0.2, 0.25) is 5.91 Å². The number of aryl methyl sites for hydroxylation is 1. The zero-order valence-electron chi connectivity index (χ0n) is 23.2.